The van der Waals surface area contributed by atoms with Crippen molar-refractivity contribution in [3.05, 3.63) is 142 Å². The van der Waals surface area contributed by atoms with Crippen LogP contribution in [0.3, 0.4) is 0 Å². The molecule has 0 amide bonds. The first-order valence-electron chi connectivity index (χ1n) is 12.3. The molecule has 186 valence electrons. The molecular weight excluding hydrogens is 624 g/mol. The van der Waals surface area contributed by atoms with Gasteiger partial charge in [0.2, 0.25) is 0 Å². The summed E-state index contributed by atoms with van der Waals surface area (Å²) >= 11 is 8.44. The zero-order valence-electron chi connectivity index (χ0n) is 20.0. The molecule has 1 aliphatic heterocycles. The van der Waals surface area contributed by atoms with E-state index in [-0.39, 0.29) is 11.6 Å². The Balaban J connectivity index is 1.39. The summed E-state index contributed by atoms with van der Waals surface area (Å²) in [6.45, 7) is 0. The molecule has 1 aliphatic carbocycles. The zero-order chi connectivity index (χ0) is 25.8. The molecule has 2 aromatic heterocycles. The summed E-state index contributed by atoms with van der Waals surface area (Å²) in [4.78, 5) is 19.7. The molecule has 7 rings (SSSR count). The molecular formula is C31H20Br2N2O2S. The van der Waals surface area contributed by atoms with E-state index in [1.54, 1.807) is 0 Å². The van der Waals surface area contributed by atoms with Gasteiger partial charge in [-0.3, -0.25) is 9.36 Å². The van der Waals surface area contributed by atoms with Crippen LogP contribution in [-0.4, -0.2) is 4.57 Å². The standard InChI is InChI=1S/C31H20Br2N2O2S/c32-21-10-5-19(6-11-21)26-16-14-23(37-26)17-27-30(36)35-29(20-7-12-22(33)13-8-20)25-15-9-18-3-1-2-4-24(18)28(25)34-31(35)38-27/h1-8,10-14,16-17,29H,9,15H2/b27-17-/t29-/m0/s1. The van der Waals surface area contributed by atoms with Crippen LogP contribution in [0.15, 0.2) is 114 Å². The molecule has 2 aliphatic rings. The van der Waals surface area contributed by atoms with E-state index in [1.807, 2.05) is 59.2 Å². The van der Waals surface area contributed by atoms with Crippen LogP contribution in [0.25, 0.3) is 23.1 Å². The van der Waals surface area contributed by atoms with Gasteiger partial charge in [0.1, 0.15) is 11.5 Å². The third kappa shape index (κ3) is 4.10. The normalized spacial score (nSPS) is 16.6. The number of fused-ring (bicyclic) bond motifs is 3. The number of rotatable bonds is 3. The topological polar surface area (TPSA) is 47.5 Å². The maximum atomic E-state index is 13.9. The molecule has 38 heavy (non-hydrogen) atoms. The van der Waals surface area contributed by atoms with Crippen LogP contribution in [-0.2, 0) is 6.42 Å². The monoisotopic (exact) mass is 642 g/mol. The fourth-order valence-electron chi connectivity index (χ4n) is 5.30. The Morgan fingerprint density at radius 3 is 2.42 bits per heavy atom. The molecule has 4 nitrogen and oxygen atoms in total. The minimum absolute atomic E-state index is 0.0475. The van der Waals surface area contributed by atoms with E-state index in [0.29, 0.717) is 15.1 Å². The quantitative estimate of drug-likeness (QED) is 0.211. The number of aryl methyl sites for hydroxylation is 1. The van der Waals surface area contributed by atoms with E-state index < -0.39 is 0 Å². The van der Waals surface area contributed by atoms with Crippen molar-refractivity contribution in [1.82, 2.24) is 4.57 Å². The number of thiazole rings is 1. The summed E-state index contributed by atoms with van der Waals surface area (Å²) < 4.78 is 10.6. The highest BCUT2D eigenvalue weighted by Crippen LogP contribution is 2.41. The predicted molar refractivity (Wildman–Crippen MR) is 159 cm³/mol. The highest BCUT2D eigenvalue weighted by Gasteiger charge is 2.32. The molecule has 7 heteroatoms. The zero-order valence-corrected chi connectivity index (χ0v) is 24.0. The molecule has 0 saturated carbocycles. The van der Waals surface area contributed by atoms with Crippen LogP contribution in [0.1, 0.15) is 34.9 Å². The molecule has 5 aromatic rings. The molecule has 0 unspecified atom stereocenters. The summed E-state index contributed by atoms with van der Waals surface area (Å²) in [5.41, 5.74) is 6.68. The first-order chi connectivity index (χ1) is 18.5. The molecule has 0 N–H and O–H groups in total. The molecule has 0 fully saturated rings. The van der Waals surface area contributed by atoms with Crippen molar-refractivity contribution < 1.29 is 4.42 Å². The van der Waals surface area contributed by atoms with Gasteiger partial charge in [-0.1, -0.05) is 91.7 Å². The van der Waals surface area contributed by atoms with Gasteiger partial charge in [-0.15, -0.1) is 0 Å². The van der Waals surface area contributed by atoms with Crippen molar-refractivity contribution >= 4 is 55.0 Å². The summed E-state index contributed by atoms with van der Waals surface area (Å²) in [6.07, 6.45) is 3.64. The largest absolute Gasteiger partial charge is 0.457 e. The van der Waals surface area contributed by atoms with Crippen molar-refractivity contribution in [3.63, 3.8) is 0 Å². The molecule has 3 aromatic carbocycles. The van der Waals surface area contributed by atoms with Gasteiger partial charge in [0.15, 0.2) is 4.80 Å². The predicted octanol–water partition coefficient (Wildman–Crippen LogP) is 7.10. The summed E-state index contributed by atoms with van der Waals surface area (Å²) in [5.74, 6) is 1.40. The Bertz CT molecular complexity index is 1910. The highest BCUT2D eigenvalue weighted by atomic mass is 79.9. The van der Waals surface area contributed by atoms with E-state index in [4.69, 9.17) is 9.41 Å². The number of furan rings is 1. The fourth-order valence-corrected chi connectivity index (χ4v) is 6.81. The Kier molecular flexibility index (Phi) is 5.95. The number of hydrogen-bond donors (Lipinski definition) is 0. The highest BCUT2D eigenvalue weighted by molar-refractivity contribution is 9.10. The smallest absolute Gasteiger partial charge is 0.271 e. The molecule has 1 atom stereocenters. The Morgan fingerprint density at radius 1 is 0.895 bits per heavy atom. The summed E-state index contributed by atoms with van der Waals surface area (Å²) in [7, 11) is 0. The summed E-state index contributed by atoms with van der Waals surface area (Å²) in [6, 6.07) is 28.4. The van der Waals surface area contributed by atoms with Gasteiger partial charge in [-0.25, -0.2) is 4.99 Å². The van der Waals surface area contributed by atoms with Crippen LogP contribution in [0.4, 0.5) is 0 Å². The number of benzene rings is 3. The van der Waals surface area contributed by atoms with Crippen LogP contribution < -0.4 is 14.9 Å². The van der Waals surface area contributed by atoms with Gasteiger partial charge in [-0.05, 0) is 65.9 Å². The lowest BCUT2D eigenvalue weighted by Crippen LogP contribution is -2.38. The minimum atomic E-state index is -0.195. The van der Waals surface area contributed by atoms with E-state index in [2.05, 4.69) is 68.3 Å². The molecule has 3 heterocycles. The lowest BCUT2D eigenvalue weighted by molar-refractivity contribution is 0.570. The average Bonchev–Trinajstić information content (AvgIpc) is 3.53. The van der Waals surface area contributed by atoms with Crippen LogP contribution in [0.5, 0.6) is 0 Å². The Labute approximate surface area is 239 Å². The van der Waals surface area contributed by atoms with E-state index in [1.165, 1.54) is 28.0 Å². The van der Waals surface area contributed by atoms with E-state index >= 15 is 0 Å². The first kappa shape index (κ1) is 23.8. The third-order valence-corrected chi connectivity index (χ3v) is 9.13. The van der Waals surface area contributed by atoms with Crippen molar-refractivity contribution in [2.45, 2.75) is 18.9 Å². The van der Waals surface area contributed by atoms with Gasteiger partial charge in [0, 0.05) is 26.1 Å². The number of nitrogens with zero attached hydrogens (tertiary/aromatic N) is 2. The lowest BCUT2D eigenvalue weighted by atomic mass is 9.83. The van der Waals surface area contributed by atoms with Crippen LogP contribution in [0.2, 0.25) is 0 Å². The summed E-state index contributed by atoms with van der Waals surface area (Å²) in [5, 5.41) is 0. The van der Waals surface area contributed by atoms with Crippen molar-refractivity contribution in [3.8, 4) is 11.3 Å². The third-order valence-electron chi connectivity index (χ3n) is 7.09. The van der Waals surface area contributed by atoms with Crippen molar-refractivity contribution in [2.75, 3.05) is 0 Å². The first-order valence-corrected chi connectivity index (χ1v) is 14.7. The number of aromatic nitrogens is 1. The SMILES string of the molecule is O=c1/c(=C/c2ccc(-c3ccc(Br)cc3)o2)sc2n1[C@@H](c1ccc(Br)cc1)C1=C(N=2)c2ccccc2CC1. The van der Waals surface area contributed by atoms with Crippen LogP contribution in [0, 0.1) is 0 Å². The van der Waals surface area contributed by atoms with E-state index in [9.17, 15) is 4.79 Å². The van der Waals surface area contributed by atoms with Gasteiger partial charge in [0.05, 0.1) is 16.3 Å². The number of hydrogen-bond acceptors (Lipinski definition) is 4. The van der Waals surface area contributed by atoms with Crippen molar-refractivity contribution in [2.24, 2.45) is 4.99 Å². The van der Waals surface area contributed by atoms with Gasteiger partial charge in [-0.2, -0.15) is 0 Å². The molecule has 0 bridgehead atoms. The van der Waals surface area contributed by atoms with Crippen molar-refractivity contribution in [1.29, 1.82) is 0 Å². The minimum Gasteiger partial charge on any atom is -0.457 e. The van der Waals surface area contributed by atoms with E-state index in [0.717, 1.165) is 44.4 Å². The molecule has 0 saturated heterocycles. The number of allylic oxidation sites excluding steroid dienone is 1. The molecule has 0 spiro atoms. The number of halogens is 2. The van der Waals surface area contributed by atoms with Gasteiger partial charge in [0.25, 0.3) is 5.56 Å². The molecule has 0 radical (unpaired) electrons. The maximum Gasteiger partial charge on any atom is 0.271 e. The second-order valence-corrected chi connectivity index (χ2v) is 12.2. The lowest BCUT2D eigenvalue weighted by Gasteiger charge is -2.30. The second-order valence-electron chi connectivity index (χ2n) is 9.37. The average molecular weight is 644 g/mol. The Hall–Kier alpha value is -3.26. The Morgan fingerprint density at radius 2 is 1.63 bits per heavy atom. The van der Waals surface area contributed by atoms with Crippen LogP contribution >= 0.6 is 43.2 Å². The van der Waals surface area contributed by atoms with Gasteiger partial charge >= 0.3 is 0 Å². The second kappa shape index (κ2) is 9.49. The fraction of sp³-hybridized carbons (Fsp3) is 0.0968. The van der Waals surface area contributed by atoms with Gasteiger partial charge < -0.3 is 4.42 Å². The maximum absolute atomic E-state index is 13.9.